The molecule has 0 radical (unpaired) electrons. The van der Waals surface area contributed by atoms with Crippen LogP contribution in [0.2, 0.25) is 0 Å². The number of carbonyl (C=O) groups is 4. The fraction of sp³-hybridized carbons (Fsp3) is 0.632. The third-order valence-electron chi connectivity index (χ3n) is 5.42. The molecule has 1 aliphatic heterocycles. The quantitative estimate of drug-likeness (QED) is 0.574. The van der Waals surface area contributed by atoms with E-state index in [0.29, 0.717) is 5.13 Å². The fourth-order valence-corrected chi connectivity index (χ4v) is 4.91. The number of methoxy groups -OCH3 is 1. The number of rotatable bonds is 6. The summed E-state index contributed by atoms with van der Waals surface area (Å²) in [5.41, 5.74) is -0.323. The van der Waals surface area contributed by atoms with Crippen molar-refractivity contribution >= 4 is 40.2 Å². The molecule has 1 aromatic rings. The van der Waals surface area contributed by atoms with Gasteiger partial charge in [0, 0.05) is 24.3 Å². The van der Waals surface area contributed by atoms with Crippen molar-refractivity contribution in [2.45, 2.75) is 58.3 Å². The van der Waals surface area contributed by atoms with E-state index in [9.17, 15) is 19.2 Å². The maximum atomic E-state index is 12.7. The molecule has 1 aromatic heterocycles. The van der Waals surface area contributed by atoms with Crippen LogP contribution in [0.5, 0.6) is 0 Å². The third-order valence-corrected chi connectivity index (χ3v) is 6.69. The van der Waals surface area contributed by atoms with Crippen LogP contribution in [0, 0.1) is 5.41 Å². The van der Waals surface area contributed by atoms with E-state index < -0.39 is 11.4 Å². The van der Waals surface area contributed by atoms with Gasteiger partial charge in [-0.05, 0) is 18.8 Å². The molecule has 152 valence electrons. The molecule has 2 heterocycles. The highest BCUT2D eigenvalue weighted by Gasteiger charge is 2.52. The van der Waals surface area contributed by atoms with Crippen molar-refractivity contribution in [2.24, 2.45) is 5.41 Å². The van der Waals surface area contributed by atoms with Gasteiger partial charge in [0.2, 0.25) is 17.7 Å². The summed E-state index contributed by atoms with van der Waals surface area (Å²) in [6.07, 6.45) is 3.72. The van der Waals surface area contributed by atoms with Gasteiger partial charge in [-0.1, -0.05) is 26.7 Å². The van der Waals surface area contributed by atoms with Crippen molar-refractivity contribution in [3.8, 4) is 0 Å². The standard InChI is InChI=1S/C19H25N3O5S/c1-11(2)15-14(16(25)27-3)21-18(28-15)20-12(23)6-9-22-13(24)10-19(17(22)26)7-4-5-8-19/h11H,4-10H2,1-3H3,(H,20,21,23). The minimum absolute atomic E-state index is 0.00227. The highest BCUT2D eigenvalue weighted by molar-refractivity contribution is 7.16. The molecule has 1 saturated heterocycles. The lowest BCUT2D eigenvalue weighted by atomic mass is 9.84. The first-order valence-corrected chi connectivity index (χ1v) is 10.3. The van der Waals surface area contributed by atoms with Crippen LogP contribution in [0.3, 0.4) is 0 Å². The minimum atomic E-state index is -0.546. The summed E-state index contributed by atoms with van der Waals surface area (Å²) in [4.78, 5) is 55.2. The van der Waals surface area contributed by atoms with Crippen molar-refractivity contribution in [3.63, 3.8) is 0 Å². The zero-order valence-corrected chi connectivity index (χ0v) is 17.2. The van der Waals surface area contributed by atoms with Crippen molar-refractivity contribution in [2.75, 3.05) is 19.0 Å². The van der Waals surface area contributed by atoms with E-state index in [1.165, 1.54) is 23.3 Å². The predicted octanol–water partition coefficient (Wildman–Crippen LogP) is 2.70. The Morgan fingerprint density at radius 2 is 1.96 bits per heavy atom. The molecule has 0 unspecified atom stereocenters. The van der Waals surface area contributed by atoms with Gasteiger partial charge in [-0.2, -0.15) is 0 Å². The molecule has 1 aliphatic carbocycles. The number of nitrogens with one attached hydrogen (secondary N) is 1. The van der Waals surface area contributed by atoms with Gasteiger partial charge in [-0.3, -0.25) is 19.3 Å². The van der Waals surface area contributed by atoms with E-state index in [2.05, 4.69) is 10.3 Å². The second-order valence-corrected chi connectivity index (χ2v) is 8.72. The maximum absolute atomic E-state index is 12.7. The predicted molar refractivity (Wildman–Crippen MR) is 103 cm³/mol. The second kappa shape index (κ2) is 7.98. The summed E-state index contributed by atoms with van der Waals surface area (Å²) in [6, 6.07) is 0. The molecule has 3 amide bonds. The van der Waals surface area contributed by atoms with E-state index in [1.54, 1.807) is 0 Å². The normalized spacial score (nSPS) is 18.4. The number of anilines is 1. The average Bonchev–Trinajstić information content (AvgIpc) is 3.33. The molecule has 1 N–H and O–H groups in total. The van der Waals surface area contributed by atoms with Gasteiger partial charge >= 0.3 is 5.97 Å². The van der Waals surface area contributed by atoms with Crippen LogP contribution in [-0.4, -0.2) is 47.2 Å². The fourth-order valence-electron chi connectivity index (χ4n) is 3.94. The molecule has 2 aliphatic rings. The van der Waals surface area contributed by atoms with Crippen LogP contribution in [-0.2, 0) is 19.1 Å². The van der Waals surface area contributed by atoms with E-state index in [4.69, 9.17) is 4.74 Å². The van der Waals surface area contributed by atoms with Crippen LogP contribution in [0.1, 0.15) is 73.7 Å². The summed E-state index contributed by atoms with van der Waals surface area (Å²) in [6.45, 7) is 3.92. The van der Waals surface area contributed by atoms with Gasteiger partial charge in [-0.25, -0.2) is 9.78 Å². The lowest BCUT2D eigenvalue weighted by Crippen LogP contribution is -2.36. The average molecular weight is 407 g/mol. The first kappa shape index (κ1) is 20.4. The first-order chi connectivity index (χ1) is 13.3. The molecule has 0 bridgehead atoms. The Bertz CT molecular complexity index is 810. The van der Waals surface area contributed by atoms with Gasteiger partial charge in [0.15, 0.2) is 10.8 Å². The van der Waals surface area contributed by atoms with E-state index in [-0.39, 0.29) is 48.7 Å². The minimum Gasteiger partial charge on any atom is -0.464 e. The Morgan fingerprint density at radius 3 is 2.57 bits per heavy atom. The van der Waals surface area contributed by atoms with E-state index in [1.807, 2.05) is 13.8 Å². The number of nitrogens with zero attached hydrogens (tertiary/aromatic N) is 2. The molecule has 9 heteroatoms. The Labute approximate surface area is 167 Å². The maximum Gasteiger partial charge on any atom is 0.357 e. The van der Waals surface area contributed by atoms with Crippen LogP contribution in [0.15, 0.2) is 0 Å². The van der Waals surface area contributed by atoms with Crippen molar-refractivity contribution in [3.05, 3.63) is 10.6 Å². The highest BCUT2D eigenvalue weighted by atomic mass is 32.1. The molecule has 0 atom stereocenters. The van der Waals surface area contributed by atoms with Gasteiger partial charge in [-0.15, -0.1) is 11.3 Å². The Morgan fingerprint density at radius 1 is 1.29 bits per heavy atom. The van der Waals surface area contributed by atoms with Gasteiger partial charge in [0.05, 0.1) is 12.5 Å². The SMILES string of the molecule is COC(=O)c1nc(NC(=O)CCN2C(=O)CC3(CCCC3)C2=O)sc1C(C)C. The van der Waals surface area contributed by atoms with Gasteiger partial charge in [0.1, 0.15) is 0 Å². The second-order valence-electron chi connectivity index (χ2n) is 7.69. The molecular formula is C19H25N3O5S. The van der Waals surface area contributed by atoms with Crippen LogP contribution >= 0.6 is 11.3 Å². The number of amides is 3. The molecule has 28 heavy (non-hydrogen) atoms. The number of imide groups is 1. The Kier molecular flexibility index (Phi) is 5.83. The summed E-state index contributed by atoms with van der Waals surface area (Å²) >= 11 is 1.22. The topological polar surface area (TPSA) is 106 Å². The van der Waals surface area contributed by atoms with Gasteiger partial charge in [0.25, 0.3) is 0 Å². The smallest absolute Gasteiger partial charge is 0.357 e. The summed E-state index contributed by atoms with van der Waals surface area (Å²) in [7, 11) is 1.28. The zero-order valence-electron chi connectivity index (χ0n) is 16.4. The molecule has 2 fully saturated rings. The number of aromatic nitrogens is 1. The number of esters is 1. The molecule has 0 aromatic carbocycles. The van der Waals surface area contributed by atoms with Crippen LogP contribution < -0.4 is 5.32 Å². The number of thiazole rings is 1. The summed E-state index contributed by atoms with van der Waals surface area (Å²) in [5.74, 6) is -1.17. The van der Waals surface area contributed by atoms with Gasteiger partial charge < -0.3 is 10.1 Å². The lowest BCUT2D eigenvalue weighted by Gasteiger charge is -2.20. The monoisotopic (exact) mass is 407 g/mol. The molecule has 3 rings (SSSR count). The van der Waals surface area contributed by atoms with E-state index in [0.717, 1.165) is 30.6 Å². The Hall–Kier alpha value is -2.29. The number of likely N-dealkylation sites (tertiary alicyclic amines) is 1. The molecule has 8 nitrogen and oxygen atoms in total. The Balaban J connectivity index is 1.61. The van der Waals surface area contributed by atoms with Crippen molar-refractivity contribution < 1.29 is 23.9 Å². The van der Waals surface area contributed by atoms with Crippen molar-refractivity contribution in [1.82, 2.24) is 9.88 Å². The zero-order chi connectivity index (χ0) is 20.5. The molecule has 1 saturated carbocycles. The third kappa shape index (κ3) is 3.80. The number of hydrogen-bond donors (Lipinski definition) is 1. The summed E-state index contributed by atoms with van der Waals surface area (Å²) in [5, 5.41) is 2.97. The number of ether oxygens (including phenoxy) is 1. The number of hydrogen-bond acceptors (Lipinski definition) is 7. The van der Waals surface area contributed by atoms with Crippen LogP contribution in [0.4, 0.5) is 5.13 Å². The largest absolute Gasteiger partial charge is 0.464 e. The highest BCUT2D eigenvalue weighted by Crippen LogP contribution is 2.46. The lowest BCUT2D eigenvalue weighted by molar-refractivity contribution is -0.141. The first-order valence-electron chi connectivity index (χ1n) is 9.51. The molecule has 1 spiro atoms. The summed E-state index contributed by atoms with van der Waals surface area (Å²) < 4.78 is 4.74. The van der Waals surface area contributed by atoms with Crippen molar-refractivity contribution in [1.29, 1.82) is 0 Å². The molecular weight excluding hydrogens is 382 g/mol. The number of carbonyl (C=O) groups excluding carboxylic acids is 4. The van der Waals surface area contributed by atoms with Crippen LogP contribution in [0.25, 0.3) is 0 Å². The van der Waals surface area contributed by atoms with E-state index >= 15 is 0 Å².